The van der Waals surface area contributed by atoms with E-state index < -0.39 is 0 Å². The quantitative estimate of drug-likeness (QED) is 0.804. The number of hydrogen-bond donors (Lipinski definition) is 1. The molecule has 3 rings (SSSR count). The summed E-state index contributed by atoms with van der Waals surface area (Å²) in [6.45, 7) is 7.06. The first-order valence-electron chi connectivity index (χ1n) is 7.64. The lowest BCUT2D eigenvalue weighted by atomic mass is 10.1. The highest BCUT2D eigenvalue weighted by molar-refractivity contribution is 5.76. The summed E-state index contributed by atoms with van der Waals surface area (Å²) >= 11 is 0. The van der Waals surface area contributed by atoms with Crippen molar-refractivity contribution < 1.29 is 5.11 Å². The zero-order valence-electron chi connectivity index (χ0n) is 13.3. The van der Waals surface area contributed by atoms with Gasteiger partial charge in [0.05, 0.1) is 13.2 Å². The van der Waals surface area contributed by atoms with E-state index in [-0.39, 0.29) is 6.61 Å². The predicted octanol–water partition coefficient (Wildman–Crippen LogP) is 3.15. The summed E-state index contributed by atoms with van der Waals surface area (Å²) in [6, 6.07) is 10.1. The van der Waals surface area contributed by atoms with E-state index in [0.717, 1.165) is 41.2 Å². The van der Waals surface area contributed by atoms with E-state index >= 15 is 0 Å². The number of nitrogens with zero attached hydrogens (tertiary/aromatic N) is 3. The first-order chi connectivity index (χ1) is 10.6. The molecule has 0 aliphatic heterocycles. The molecule has 0 atom stereocenters. The molecule has 0 saturated heterocycles. The molecule has 114 valence electrons. The summed E-state index contributed by atoms with van der Waals surface area (Å²) in [5.41, 5.74) is 6.26. The largest absolute Gasteiger partial charge is 0.392 e. The van der Waals surface area contributed by atoms with Gasteiger partial charge in [0.1, 0.15) is 11.3 Å². The summed E-state index contributed by atoms with van der Waals surface area (Å²) in [7, 11) is 0. The fourth-order valence-corrected chi connectivity index (χ4v) is 2.82. The van der Waals surface area contributed by atoms with Gasteiger partial charge in [-0.15, -0.1) is 0 Å². The van der Waals surface area contributed by atoms with Crippen LogP contribution in [0.4, 0.5) is 0 Å². The lowest BCUT2D eigenvalue weighted by Crippen LogP contribution is -2.05. The Morgan fingerprint density at radius 2 is 1.73 bits per heavy atom. The molecule has 2 heterocycles. The average molecular weight is 295 g/mol. The molecule has 0 aliphatic rings. The van der Waals surface area contributed by atoms with Gasteiger partial charge in [0.2, 0.25) is 0 Å². The number of aromatic nitrogens is 3. The number of rotatable bonds is 4. The first kappa shape index (κ1) is 14.7. The van der Waals surface area contributed by atoms with E-state index in [1.165, 1.54) is 11.1 Å². The van der Waals surface area contributed by atoms with Crippen molar-refractivity contribution in [2.45, 2.75) is 40.3 Å². The number of pyridine rings is 1. The van der Waals surface area contributed by atoms with Crippen LogP contribution in [0.2, 0.25) is 0 Å². The molecule has 0 unspecified atom stereocenters. The Morgan fingerprint density at radius 3 is 2.36 bits per heavy atom. The Kier molecular flexibility index (Phi) is 3.94. The maximum atomic E-state index is 9.14. The highest BCUT2D eigenvalue weighted by Crippen LogP contribution is 2.21. The maximum absolute atomic E-state index is 9.14. The fourth-order valence-electron chi connectivity index (χ4n) is 2.82. The smallest absolute Gasteiger partial charge is 0.160 e. The van der Waals surface area contributed by atoms with Gasteiger partial charge >= 0.3 is 0 Å². The Hall–Kier alpha value is -2.20. The van der Waals surface area contributed by atoms with E-state index in [2.05, 4.69) is 36.6 Å². The molecule has 0 bridgehead atoms. The standard InChI is InChI=1S/C18H21N3O/c1-4-16-20-17-12(2)9-13(3)19-18(17)21(16)10-14-5-7-15(11-22)8-6-14/h5-9,22H,4,10-11H2,1-3H3. The van der Waals surface area contributed by atoms with Crippen LogP contribution < -0.4 is 0 Å². The SMILES string of the molecule is CCc1nc2c(C)cc(C)nc2n1Cc1ccc(CO)cc1. The molecule has 4 heteroatoms. The first-order valence-corrected chi connectivity index (χ1v) is 7.64. The fraction of sp³-hybridized carbons (Fsp3) is 0.333. The predicted molar refractivity (Wildman–Crippen MR) is 87.8 cm³/mol. The van der Waals surface area contributed by atoms with Crippen LogP contribution in [-0.2, 0) is 19.6 Å². The van der Waals surface area contributed by atoms with Crippen molar-refractivity contribution in [3.63, 3.8) is 0 Å². The highest BCUT2D eigenvalue weighted by atomic mass is 16.3. The Morgan fingerprint density at radius 1 is 1.05 bits per heavy atom. The molecule has 3 aromatic rings. The van der Waals surface area contributed by atoms with Crippen molar-refractivity contribution in [3.05, 3.63) is 58.5 Å². The number of fused-ring (bicyclic) bond motifs is 1. The topological polar surface area (TPSA) is 50.9 Å². The Labute approximate surface area is 130 Å². The zero-order chi connectivity index (χ0) is 15.7. The van der Waals surface area contributed by atoms with Crippen LogP contribution in [0.3, 0.4) is 0 Å². The average Bonchev–Trinajstić information content (AvgIpc) is 2.86. The molecule has 22 heavy (non-hydrogen) atoms. The summed E-state index contributed by atoms with van der Waals surface area (Å²) < 4.78 is 2.20. The third kappa shape index (κ3) is 2.62. The third-order valence-electron chi connectivity index (χ3n) is 3.96. The molecular weight excluding hydrogens is 274 g/mol. The van der Waals surface area contributed by atoms with Crippen molar-refractivity contribution in [1.82, 2.24) is 14.5 Å². The molecule has 2 aromatic heterocycles. The van der Waals surface area contributed by atoms with E-state index in [1.807, 2.05) is 19.1 Å². The maximum Gasteiger partial charge on any atom is 0.160 e. The number of aliphatic hydroxyl groups is 1. The van der Waals surface area contributed by atoms with Crippen molar-refractivity contribution in [3.8, 4) is 0 Å². The van der Waals surface area contributed by atoms with Crippen LogP contribution in [0, 0.1) is 13.8 Å². The molecular formula is C18H21N3O. The van der Waals surface area contributed by atoms with Gasteiger partial charge in [0.25, 0.3) is 0 Å². The zero-order valence-corrected chi connectivity index (χ0v) is 13.3. The molecule has 1 N–H and O–H groups in total. The van der Waals surface area contributed by atoms with Crippen LogP contribution in [0.15, 0.2) is 30.3 Å². The van der Waals surface area contributed by atoms with E-state index in [0.29, 0.717) is 0 Å². The van der Waals surface area contributed by atoms with E-state index in [1.54, 1.807) is 0 Å². The number of hydrogen-bond acceptors (Lipinski definition) is 3. The minimum absolute atomic E-state index is 0.0778. The molecule has 0 spiro atoms. The molecule has 0 saturated carbocycles. The van der Waals surface area contributed by atoms with Crippen molar-refractivity contribution in [2.75, 3.05) is 0 Å². The van der Waals surface area contributed by atoms with Gasteiger partial charge in [-0.3, -0.25) is 0 Å². The van der Waals surface area contributed by atoms with Gasteiger partial charge in [0.15, 0.2) is 5.65 Å². The van der Waals surface area contributed by atoms with Crippen molar-refractivity contribution in [1.29, 1.82) is 0 Å². The Bertz CT molecular complexity index is 803. The second kappa shape index (κ2) is 5.89. The molecule has 1 aromatic carbocycles. The van der Waals surface area contributed by atoms with Gasteiger partial charge < -0.3 is 9.67 Å². The molecule has 0 aliphatic carbocycles. The van der Waals surface area contributed by atoms with Crippen LogP contribution >= 0.6 is 0 Å². The van der Waals surface area contributed by atoms with Crippen molar-refractivity contribution in [2.24, 2.45) is 0 Å². The van der Waals surface area contributed by atoms with Gasteiger partial charge in [0, 0.05) is 12.1 Å². The summed E-state index contributed by atoms with van der Waals surface area (Å²) in [4.78, 5) is 9.46. The van der Waals surface area contributed by atoms with Crippen molar-refractivity contribution >= 4 is 11.2 Å². The molecule has 4 nitrogen and oxygen atoms in total. The number of benzene rings is 1. The normalized spacial score (nSPS) is 11.3. The monoisotopic (exact) mass is 295 g/mol. The van der Waals surface area contributed by atoms with Crippen LogP contribution in [0.5, 0.6) is 0 Å². The van der Waals surface area contributed by atoms with Gasteiger partial charge in [-0.1, -0.05) is 31.2 Å². The second-order valence-corrected chi connectivity index (χ2v) is 5.70. The summed E-state index contributed by atoms with van der Waals surface area (Å²) in [6.07, 6.45) is 0.879. The van der Waals surface area contributed by atoms with Crippen LogP contribution in [0.1, 0.15) is 35.1 Å². The third-order valence-corrected chi connectivity index (χ3v) is 3.96. The Balaban J connectivity index is 2.08. The molecule has 0 fully saturated rings. The number of aliphatic hydroxyl groups excluding tert-OH is 1. The van der Waals surface area contributed by atoms with Gasteiger partial charge in [-0.2, -0.15) is 0 Å². The number of aryl methyl sites for hydroxylation is 3. The van der Waals surface area contributed by atoms with Gasteiger partial charge in [-0.25, -0.2) is 9.97 Å². The lowest BCUT2D eigenvalue weighted by molar-refractivity contribution is 0.282. The van der Waals surface area contributed by atoms with E-state index in [4.69, 9.17) is 15.1 Å². The van der Waals surface area contributed by atoms with E-state index in [9.17, 15) is 0 Å². The number of imidazole rings is 1. The molecule has 0 amide bonds. The van der Waals surface area contributed by atoms with Crippen LogP contribution in [-0.4, -0.2) is 19.6 Å². The van der Waals surface area contributed by atoms with Crippen LogP contribution in [0.25, 0.3) is 11.2 Å². The lowest BCUT2D eigenvalue weighted by Gasteiger charge is -2.09. The minimum Gasteiger partial charge on any atom is -0.392 e. The second-order valence-electron chi connectivity index (χ2n) is 5.70. The highest BCUT2D eigenvalue weighted by Gasteiger charge is 2.13. The summed E-state index contributed by atoms with van der Waals surface area (Å²) in [5.74, 6) is 1.06. The molecule has 0 radical (unpaired) electrons. The van der Waals surface area contributed by atoms with Gasteiger partial charge in [-0.05, 0) is 36.6 Å². The summed E-state index contributed by atoms with van der Waals surface area (Å²) in [5, 5.41) is 9.14. The minimum atomic E-state index is 0.0778.